The van der Waals surface area contributed by atoms with Crippen molar-refractivity contribution in [3.8, 4) is 0 Å². The highest BCUT2D eigenvalue weighted by atomic mass is 16.5. The Morgan fingerprint density at radius 1 is 1.24 bits per heavy atom. The van der Waals surface area contributed by atoms with Crippen molar-refractivity contribution in [2.45, 2.75) is 40.7 Å². The van der Waals surface area contributed by atoms with Crippen molar-refractivity contribution >= 4 is 16.8 Å². The topological polar surface area (TPSA) is 91.2 Å². The van der Waals surface area contributed by atoms with Gasteiger partial charge in [0.15, 0.2) is 5.69 Å². The van der Waals surface area contributed by atoms with Crippen molar-refractivity contribution in [1.29, 1.82) is 0 Å². The summed E-state index contributed by atoms with van der Waals surface area (Å²) in [5.74, 6) is 0.136. The van der Waals surface area contributed by atoms with Crippen LogP contribution in [0.2, 0.25) is 0 Å². The summed E-state index contributed by atoms with van der Waals surface area (Å²) in [6, 6.07) is 4.25. The Hall–Kier alpha value is -2.60. The van der Waals surface area contributed by atoms with Crippen LogP contribution in [-0.2, 0) is 13.0 Å². The SMILES string of the molecule is Cc1ccc2c(CCNC(=O)c3noc(C)c3CO)c(C)[nH]c2c1C. The van der Waals surface area contributed by atoms with Gasteiger partial charge in [-0.15, -0.1) is 0 Å². The van der Waals surface area contributed by atoms with Crippen LogP contribution in [0.5, 0.6) is 0 Å². The van der Waals surface area contributed by atoms with E-state index < -0.39 is 0 Å². The van der Waals surface area contributed by atoms with Crippen molar-refractivity contribution < 1.29 is 14.4 Å². The minimum Gasteiger partial charge on any atom is -0.391 e. The third kappa shape index (κ3) is 3.05. The predicted molar refractivity (Wildman–Crippen MR) is 95.7 cm³/mol. The number of H-pyrrole nitrogens is 1. The van der Waals surface area contributed by atoms with Gasteiger partial charge in [0.1, 0.15) is 5.76 Å². The number of benzene rings is 1. The van der Waals surface area contributed by atoms with Gasteiger partial charge in [-0.1, -0.05) is 17.3 Å². The maximum absolute atomic E-state index is 12.3. The van der Waals surface area contributed by atoms with Crippen molar-refractivity contribution in [2.24, 2.45) is 0 Å². The standard InChI is InChI=1S/C19H23N3O3/c1-10-5-6-15-14(12(3)21-17(15)11(10)2)7-8-20-19(24)18-16(9-23)13(4)25-22-18/h5-6,21,23H,7-9H2,1-4H3,(H,20,24). The van der Waals surface area contributed by atoms with Crippen molar-refractivity contribution in [3.63, 3.8) is 0 Å². The smallest absolute Gasteiger partial charge is 0.273 e. The molecule has 0 saturated carbocycles. The van der Waals surface area contributed by atoms with E-state index in [1.165, 1.54) is 22.1 Å². The van der Waals surface area contributed by atoms with Crippen LogP contribution in [0.15, 0.2) is 16.7 Å². The van der Waals surface area contributed by atoms with Crippen LogP contribution < -0.4 is 5.32 Å². The molecule has 2 aromatic heterocycles. The van der Waals surface area contributed by atoms with E-state index in [1.54, 1.807) is 6.92 Å². The largest absolute Gasteiger partial charge is 0.391 e. The number of nitrogens with one attached hydrogen (secondary N) is 2. The summed E-state index contributed by atoms with van der Waals surface area (Å²) in [4.78, 5) is 15.7. The van der Waals surface area contributed by atoms with Gasteiger partial charge >= 0.3 is 0 Å². The van der Waals surface area contributed by atoms with E-state index in [-0.39, 0.29) is 18.2 Å². The van der Waals surface area contributed by atoms with Gasteiger partial charge in [0, 0.05) is 23.1 Å². The van der Waals surface area contributed by atoms with Gasteiger partial charge in [-0.2, -0.15) is 0 Å². The van der Waals surface area contributed by atoms with Gasteiger partial charge in [0.05, 0.1) is 12.2 Å². The number of aromatic amines is 1. The summed E-state index contributed by atoms with van der Waals surface area (Å²) in [5.41, 5.74) is 6.58. The van der Waals surface area contributed by atoms with E-state index >= 15 is 0 Å². The first kappa shape index (κ1) is 17.2. The van der Waals surface area contributed by atoms with Crippen LogP contribution in [0.3, 0.4) is 0 Å². The first-order valence-corrected chi connectivity index (χ1v) is 8.35. The minimum atomic E-state index is -0.328. The number of aliphatic hydroxyl groups excluding tert-OH is 1. The lowest BCUT2D eigenvalue weighted by atomic mass is 10.0. The molecule has 1 amide bonds. The third-order valence-electron chi connectivity index (χ3n) is 4.84. The Kier molecular flexibility index (Phi) is 4.63. The zero-order valence-corrected chi connectivity index (χ0v) is 15.0. The second-order valence-electron chi connectivity index (χ2n) is 6.39. The Morgan fingerprint density at radius 3 is 2.72 bits per heavy atom. The Balaban J connectivity index is 1.74. The summed E-state index contributed by atoms with van der Waals surface area (Å²) < 4.78 is 4.99. The van der Waals surface area contributed by atoms with E-state index in [0.717, 1.165) is 11.2 Å². The van der Waals surface area contributed by atoms with Gasteiger partial charge in [-0.05, 0) is 50.8 Å². The maximum Gasteiger partial charge on any atom is 0.273 e. The lowest BCUT2D eigenvalue weighted by Gasteiger charge is -2.06. The number of aryl methyl sites for hydroxylation is 4. The van der Waals surface area contributed by atoms with Gasteiger partial charge in [0.2, 0.25) is 0 Å². The van der Waals surface area contributed by atoms with E-state index in [1.807, 2.05) is 0 Å². The molecule has 0 radical (unpaired) electrons. The number of aromatic nitrogens is 2. The monoisotopic (exact) mass is 341 g/mol. The molecular weight excluding hydrogens is 318 g/mol. The molecule has 0 bridgehead atoms. The molecule has 0 unspecified atom stereocenters. The van der Waals surface area contributed by atoms with Crippen molar-refractivity contribution in [3.05, 3.63) is 51.5 Å². The van der Waals surface area contributed by atoms with Crippen LogP contribution >= 0.6 is 0 Å². The molecule has 3 rings (SSSR count). The number of hydrogen-bond acceptors (Lipinski definition) is 4. The Bertz CT molecular complexity index is 937. The average molecular weight is 341 g/mol. The minimum absolute atomic E-state index is 0.155. The molecule has 3 N–H and O–H groups in total. The predicted octanol–water partition coefficient (Wildman–Crippen LogP) is 2.85. The van der Waals surface area contributed by atoms with E-state index in [0.29, 0.717) is 24.3 Å². The molecule has 132 valence electrons. The molecule has 0 aliphatic heterocycles. The summed E-state index contributed by atoms with van der Waals surface area (Å²) in [6.07, 6.45) is 0.714. The molecule has 25 heavy (non-hydrogen) atoms. The number of aliphatic hydroxyl groups is 1. The zero-order valence-electron chi connectivity index (χ0n) is 15.0. The normalized spacial score (nSPS) is 11.2. The summed E-state index contributed by atoms with van der Waals surface area (Å²) in [7, 11) is 0. The molecule has 0 spiro atoms. The molecule has 1 aromatic carbocycles. The van der Waals surface area contributed by atoms with Crippen LogP contribution in [0.25, 0.3) is 10.9 Å². The van der Waals surface area contributed by atoms with E-state index in [2.05, 4.69) is 48.4 Å². The Labute approximate surface area is 146 Å². The highest BCUT2D eigenvalue weighted by Gasteiger charge is 2.19. The second kappa shape index (κ2) is 6.72. The first-order chi connectivity index (χ1) is 11.9. The number of nitrogens with zero attached hydrogens (tertiary/aromatic N) is 1. The fourth-order valence-corrected chi connectivity index (χ4v) is 3.16. The summed E-state index contributed by atoms with van der Waals surface area (Å²) in [5, 5.41) is 17.1. The highest BCUT2D eigenvalue weighted by molar-refractivity contribution is 5.94. The van der Waals surface area contributed by atoms with Crippen LogP contribution in [0, 0.1) is 27.7 Å². The molecule has 0 aliphatic rings. The quantitative estimate of drug-likeness (QED) is 0.665. The molecule has 0 aliphatic carbocycles. The second-order valence-corrected chi connectivity index (χ2v) is 6.39. The lowest BCUT2D eigenvalue weighted by Crippen LogP contribution is -2.27. The molecule has 0 saturated heterocycles. The summed E-state index contributed by atoms with van der Waals surface area (Å²) >= 11 is 0. The molecule has 0 fully saturated rings. The maximum atomic E-state index is 12.3. The van der Waals surface area contributed by atoms with Crippen LogP contribution in [0.1, 0.15) is 44.2 Å². The number of rotatable bonds is 5. The molecule has 3 aromatic rings. The van der Waals surface area contributed by atoms with Crippen LogP contribution in [0.4, 0.5) is 0 Å². The van der Waals surface area contributed by atoms with E-state index in [4.69, 9.17) is 4.52 Å². The first-order valence-electron chi connectivity index (χ1n) is 8.35. The zero-order chi connectivity index (χ0) is 18.1. The molecule has 6 nitrogen and oxygen atoms in total. The van der Waals surface area contributed by atoms with Gasteiger partial charge in [0.25, 0.3) is 5.91 Å². The molecule has 2 heterocycles. The number of fused-ring (bicyclic) bond motifs is 1. The van der Waals surface area contributed by atoms with Gasteiger partial charge in [-0.25, -0.2) is 0 Å². The van der Waals surface area contributed by atoms with Crippen molar-refractivity contribution in [1.82, 2.24) is 15.5 Å². The van der Waals surface area contributed by atoms with Crippen molar-refractivity contribution in [2.75, 3.05) is 6.54 Å². The van der Waals surface area contributed by atoms with E-state index in [9.17, 15) is 9.90 Å². The number of hydrogen-bond donors (Lipinski definition) is 3. The fraction of sp³-hybridized carbons (Fsp3) is 0.368. The Morgan fingerprint density at radius 2 is 2.00 bits per heavy atom. The summed E-state index contributed by atoms with van der Waals surface area (Å²) in [6.45, 7) is 8.16. The van der Waals surface area contributed by atoms with Crippen LogP contribution in [-0.4, -0.2) is 27.7 Å². The highest BCUT2D eigenvalue weighted by Crippen LogP contribution is 2.27. The third-order valence-corrected chi connectivity index (χ3v) is 4.84. The lowest BCUT2D eigenvalue weighted by molar-refractivity contribution is 0.0942. The average Bonchev–Trinajstić information content (AvgIpc) is 3.11. The molecule has 6 heteroatoms. The number of amides is 1. The molecule has 0 atom stereocenters. The number of carbonyl (C=O) groups excluding carboxylic acids is 1. The molecular formula is C19H23N3O3. The fourth-order valence-electron chi connectivity index (χ4n) is 3.16. The van der Waals surface area contributed by atoms with Gasteiger partial charge in [-0.3, -0.25) is 4.79 Å². The van der Waals surface area contributed by atoms with Gasteiger partial charge < -0.3 is 19.9 Å². The number of carbonyl (C=O) groups is 1.